The fourth-order valence-electron chi connectivity index (χ4n) is 3.27. The standard InChI is InChI=1S/C24H17ClN2O7S/c1-2-33-23(31)16-11-15(7-8-17(16)25)26-20(28)12-27-21(29)19(35-24(27)32)10-14-9-13-5-3-4-6-18(13)34-22(14)30/h3-11H,2,12H2,1H3,(H,26,28)/b19-10+. The number of amides is 3. The Kier molecular flexibility index (Phi) is 7.04. The van der Waals surface area contributed by atoms with E-state index in [9.17, 15) is 24.0 Å². The van der Waals surface area contributed by atoms with Gasteiger partial charge in [0, 0.05) is 11.1 Å². The maximum Gasteiger partial charge on any atom is 0.343 e. The number of imide groups is 1. The number of thioether (sulfide) groups is 1. The number of carbonyl (C=O) groups excluding carboxylic acids is 4. The van der Waals surface area contributed by atoms with Crippen molar-refractivity contribution in [3.8, 4) is 0 Å². The molecular weight excluding hydrogens is 496 g/mol. The lowest BCUT2D eigenvalue weighted by Crippen LogP contribution is -2.36. The second kappa shape index (κ2) is 10.2. The van der Waals surface area contributed by atoms with E-state index in [1.807, 2.05) is 0 Å². The van der Waals surface area contributed by atoms with E-state index in [0.29, 0.717) is 22.7 Å². The normalized spacial score (nSPS) is 14.6. The summed E-state index contributed by atoms with van der Waals surface area (Å²) in [4.78, 5) is 62.7. The number of nitrogens with zero attached hydrogens (tertiary/aromatic N) is 1. The Hall–Kier alpha value is -3.89. The lowest BCUT2D eigenvalue weighted by molar-refractivity contribution is -0.127. The van der Waals surface area contributed by atoms with Crippen LogP contribution in [0.25, 0.3) is 17.0 Å². The lowest BCUT2D eigenvalue weighted by Gasteiger charge is -2.13. The zero-order valence-electron chi connectivity index (χ0n) is 18.2. The third kappa shape index (κ3) is 5.28. The van der Waals surface area contributed by atoms with Crippen LogP contribution in [0.1, 0.15) is 22.8 Å². The van der Waals surface area contributed by atoms with Crippen LogP contribution in [0, 0.1) is 0 Å². The first-order valence-corrected chi connectivity index (χ1v) is 11.5. The van der Waals surface area contributed by atoms with Crippen LogP contribution in [0.15, 0.2) is 62.6 Å². The second-order valence-electron chi connectivity index (χ2n) is 7.26. The van der Waals surface area contributed by atoms with E-state index in [-0.39, 0.29) is 33.3 Å². The number of anilines is 1. The molecule has 1 N–H and O–H groups in total. The largest absolute Gasteiger partial charge is 0.462 e. The molecule has 0 spiro atoms. The van der Waals surface area contributed by atoms with Gasteiger partial charge in [0.15, 0.2) is 0 Å². The van der Waals surface area contributed by atoms with Crippen LogP contribution in [-0.2, 0) is 14.3 Å². The van der Waals surface area contributed by atoms with Crippen LogP contribution in [0.4, 0.5) is 10.5 Å². The third-order valence-corrected chi connectivity index (χ3v) is 6.11. The number of ether oxygens (including phenoxy) is 1. The Labute approximate surface area is 207 Å². The molecule has 1 aliphatic rings. The molecule has 4 rings (SSSR count). The maximum absolute atomic E-state index is 12.8. The predicted octanol–water partition coefficient (Wildman–Crippen LogP) is 4.30. The molecule has 178 valence electrons. The summed E-state index contributed by atoms with van der Waals surface area (Å²) in [6, 6.07) is 12.7. The maximum atomic E-state index is 12.8. The second-order valence-corrected chi connectivity index (χ2v) is 8.66. The molecule has 2 heterocycles. The molecule has 9 nitrogen and oxygen atoms in total. The molecule has 3 aromatic rings. The van der Waals surface area contributed by atoms with E-state index in [1.54, 1.807) is 37.3 Å². The van der Waals surface area contributed by atoms with Gasteiger partial charge in [-0.2, -0.15) is 0 Å². The number of carbonyl (C=O) groups is 4. The Balaban J connectivity index is 1.49. The van der Waals surface area contributed by atoms with Gasteiger partial charge in [-0.05, 0) is 55.1 Å². The van der Waals surface area contributed by atoms with E-state index in [1.165, 1.54) is 24.3 Å². The van der Waals surface area contributed by atoms with Gasteiger partial charge < -0.3 is 14.5 Å². The highest BCUT2D eigenvalue weighted by atomic mass is 35.5. The van der Waals surface area contributed by atoms with Crippen molar-refractivity contribution in [3.63, 3.8) is 0 Å². The molecule has 0 unspecified atom stereocenters. The highest BCUT2D eigenvalue weighted by molar-refractivity contribution is 8.18. The van der Waals surface area contributed by atoms with E-state index in [2.05, 4.69) is 5.32 Å². The first-order valence-electron chi connectivity index (χ1n) is 10.3. The van der Waals surface area contributed by atoms with Crippen LogP contribution in [0.5, 0.6) is 0 Å². The van der Waals surface area contributed by atoms with Crippen LogP contribution < -0.4 is 10.9 Å². The first-order chi connectivity index (χ1) is 16.8. The molecule has 3 amide bonds. The van der Waals surface area contributed by atoms with Crippen molar-refractivity contribution in [1.29, 1.82) is 0 Å². The Bertz CT molecular complexity index is 1460. The molecule has 0 bridgehead atoms. The van der Waals surface area contributed by atoms with Crippen molar-refractivity contribution < 1.29 is 28.3 Å². The van der Waals surface area contributed by atoms with Crippen molar-refractivity contribution in [3.05, 3.63) is 80.0 Å². The average Bonchev–Trinajstić information content (AvgIpc) is 3.08. The molecule has 2 aromatic carbocycles. The van der Waals surface area contributed by atoms with Gasteiger partial charge in [-0.1, -0.05) is 29.8 Å². The van der Waals surface area contributed by atoms with Gasteiger partial charge in [0.25, 0.3) is 11.1 Å². The lowest BCUT2D eigenvalue weighted by atomic mass is 10.2. The predicted molar refractivity (Wildman–Crippen MR) is 131 cm³/mol. The van der Waals surface area contributed by atoms with Gasteiger partial charge in [-0.3, -0.25) is 19.3 Å². The van der Waals surface area contributed by atoms with E-state index < -0.39 is 35.2 Å². The van der Waals surface area contributed by atoms with Crippen LogP contribution in [-0.4, -0.2) is 41.1 Å². The van der Waals surface area contributed by atoms with E-state index >= 15 is 0 Å². The van der Waals surface area contributed by atoms with Gasteiger partial charge in [0.2, 0.25) is 5.91 Å². The molecule has 0 saturated carbocycles. The number of rotatable bonds is 6. The van der Waals surface area contributed by atoms with E-state index in [0.717, 1.165) is 4.90 Å². The highest BCUT2D eigenvalue weighted by Crippen LogP contribution is 2.32. The molecule has 35 heavy (non-hydrogen) atoms. The topological polar surface area (TPSA) is 123 Å². The van der Waals surface area contributed by atoms with Crippen molar-refractivity contribution >= 4 is 69.1 Å². The number of nitrogens with one attached hydrogen (secondary N) is 1. The zero-order valence-corrected chi connectivity index (χ0v) is 19.8. The molecule has 1 fully saturated rings. The summed E-state index contributed by atoms with van der Waals surface area (Å²) in [5, 5.41) is 2.66. The Morgan fingerprint density at radius 1 is 1.14 bits per heavy atom. The molecule has 1 saturated heterocycles. The average molecular weight is 513 g/mol. The van der Waals surface area contributed by atoms with Gasteiger partial charge in [0.05, 0.1) is 27.7 Å². The number of para-hydroxylation sites is 1. The van der Waals surface area contributed by atoms with Crippen molar-refractivity contribution in [1.82, 2.24) is 4.90 Å². The van der Waals surface area contributed by atoms with Crippen LogP contribution in [0.3, 0.4) is 0 Å². The van der Waals surface area contributed by atoms with Gasteiger partial charge >= 0.3 is 11.6 Å². The minimum atomic E-state index is -0.717. The molecule has 0 aliphatic carbocycles. The first kappa shape index (κ1) is 24.2. The molecule has 1 aromatic heterocycles. The minimum absolute atomic E-state index is 0.0125. The van der Waals surface area contributed by atoms with Crippen molar-refractivity contribution in [2.45, 2.75) is 6.92 Å². The summed E-state index contributed by atoms with van der Waals surface area (Å²) in [5.41, 5.74) is 0.140. The van der Waals surface area contributed by atoms with Gasteiger partial charge in [-0.25, -0.2) is 9.59 Å². The number of esters is 1. The number of hydrogen-bond acceptors (Lipinski definition) is 8. The van der Waals surface area contributed by atoms with E-state index in [4.69, 9.17) is 20.8 Å². The summed E-state index contributed by atoms with van der Waals surface area (Å²) in [6.07, 6.45) is 1.27. The number of fused-ring (bicyclic) bond motifs is 1. The molecular formula is C24H17ClN2O7S. The van der Waals surface area contributed by atoms with Gasteiger partial charge in [0.1, 0.15) is 12.1 Å². The highest BCUT2D eigenvalue weighted by Gasteiger charge is 2.36. The molecule has 11 heteroatoms. The monoisotopic (exact) mass is 512 g/mol. The number of halogens is 1. The summed E-state index contributed by atoms with van der Waals surface area (Å²) in [6.45, 7) is 1.24. The Morgan fingerprint density at radius 3 is 2.69 bits per heavy atom. The summed E-state index contributed by atoms with van der Waals surface area (Å²) >= 11 is 6.63. The van der Waals surface area contributed by atoms with Crippen molar-refractivity contribution in [2.75, 3.05) is 18.5 Å². The van der Waals surface area contributed by atoms with Crippen molar-refractivity contribution in [2.24, 2.45) is 0 Å². The smallest absolute Gasteiger partial charge is 0.343 e. The molecule has 0 radical (unpaired) electrons. The fraction of sp³-hybridized carbons (Fsp3) is 0.125. The number of hydrogen-bond donors (Lipinski definition) is 1. The quantitative estimate of drug-likeness (QED) is 0.294. The summed E-state index contributed by atoms with van der Waals surface area (Å²) in [7, 11) is 0. The minimum Gasteiger partial charge on any atom is -0.462 e. The fourth-order valence-corrected chi connectivity index (χ4v) is 4.29. The Morgan fingerprint density at radius 2 is 1.91 bits per heavy atom. The molecule has 1 aliphatic heterocycles. The van der Waals surface area contributed by atoms with Crippen LogP contribution >= 0.6 is 23.4 Å². The summed E-state index contributed by atoms with van der Waals surface area (Å²) < 4.78 is 10.2. The van der Waals surface area contributed by atoms with Crippen LogP contribution in [0.2, 0.25) is 5.02 Å². The molecule has 0 atom stereocenters. The third-order valence-electron chi connectivity index (χ3n) is 4.88. The number of benzene rings is 2. The van der Waals surface area contributed by atoms with Gasteiger partial charge in [-0.15, -0.1) is 0 Å². The summed E-state index contributed by atoms with van der Waals surface area (Å²) in [5.74, 6) is -2.04. The zero-order chi connectivity index (χ0) is 25.1. The SMILES string of the molecule is CCOC(=O)c1cc(NC(=O)CN2C(=O)S/C(=C/c3cc4ccccc4oc3=O)C2=O)ccc1Cl.